The molecule has 1 aromatic heterocycles. The number of aromatic nitrogens is 1. The SMILES string of the molecule is Cc1cc(C)c(CO)c(N2CCCC2CCCO)n1. The van der Waals surface area contributed by atoms with Crippen molar-refractivity contribution in [3.8, 4) is 0 Å². The molecule has 2 rings (SSSR count). The molecule has 1 aromatic rings. The minimum atomic E-state index is 0.0394. The van der Waals surface area contributed by atoms with Gasteiger partial charge in [0.05, 0.1) is 6.61 Å². The van der Waals surface area contributed by atoms with Crippen LogP contribution in [0, 0.1) is 13.8 Å². The summed E-state index contributed by atoms with van der Waals surface area (Å²) in [5, 5.41) is 18.6. The Bertz CT molecular complexity index is 434. The third kappa shape index (κ3) is 3.07. The molecule has 1 atom stereocenters. The summed E-state index contributed by atoms with van der Waals surface area (Å²) in [6.45, 7) is 5.31. The molecule has 1 saturated heterocycles. The number of hydrogen-bond acceptors (Lipinski definition) is 4. The summed E-state index contributed by atoms with van der Waals surface area (Å²) in [7, 11) is 0. The summed E-state index contributed by atoms with van der Waals surface area (Å²) in [4.78, 5) is 6.97. The summed E-state index contributed by atoms with van der Waals surface area (Å²) in [5.74, 6) is 0.945. The molecule has 0 aliphatic carbocycles. The van der Waals surface area contributed by atoms with Gasteiger partial charge in [0.25, 0.3) is 0 Å². The lowest BCUT2D eigenvalue weighted by Gasteiger charge is -2.28. The van der Waals surface area contributed by atoms with E-state index in [1.54, 1.807) is 0 Å². The zero-order chi connectivity index (χ0) is 13.8. The molecule has 2 N–H and O–H groups in total. The molecule has 0 radical (unpaired) electrons. The summed E-state index contributed by atoms with van der Waals surface area (Å²) in [5.41, 5.74) is 3.05. The first-order chi connectivity index (χ1) is 9.17. The Morgan fingerprint density at radius 3 is 2.84 bits per heavy atom. The Labute approximate surface area is 115 Å². The topological polar surface area (TPSA) is 56.6 Å². The Balaban J connectivity index is 2.29. The van der Waals surface area contributed by atoms with Gasteiger partial charge in [-0.25, -0.2) is 4.98 Å². The molecule has 0 bridgehead atoms. The van der Waals surface area contributed by atoms with Crippen LogP contribution < -0.4 is 4.90 Å². The average Bonchev–Trinajstić information content (AvgIpc) is 2.83. The van der Waals surface area contributed by atoms with Crippen molar-refractivity contribution in [2.45, 2.75) is 52.2 Å². The smallest absolute Gasteiger partial charge is 0.134 e. The molecular formula is C15H24N2O2. The van der Waals surface area contributed by atoms with E-state index >= 15 is 0 Å². The van der Waals surface area contributed by atoms with Crippen LogP contribution in [0.2, 0.25) is 0 Å². The highest BCUT2D eigenvalue weighted by Gasteiger charge is 2.27. The molecule has 0 spiro atoms. The highest BCUT2D eigenvalue weighted by Crippen LogP contribution is 2.31. The first-order valence-corrected chi connectivity index (χ1v) is 7.13. The van der Waals surface area contributed by atoms with Crippen molar-refractivity contribution in [2.75, 3.05) is 18.1 Å². The maximum atomic E-state index is 9.61. The van der Waals surface area contributed by atoms with Gasteiger partial charge in [0.1, 0.15) is 5.82 Å². The molecule has 4 heteroatoms. The Hall–Kier alpha value is -1.13. The lowest BCUT2D eigenvalue weighted by molar-refractivity contribution is 0.277. The normalized spacial score (nSPS) is 19.2. The monoisotopic (exact) mass is 264 g/mol. The predicted molar refractivity (Wildman–Crippen MR) is 76.3 cm³/mol. The molecule has 2 heterocycles. The van der Waals surface area contributed by atoms with Gasteiger partial charge in [0.2, 0.25) is 0 Å². The van der Waals surface area contributed by atoms with Crippen molar-refractivity contribution in [3.63, 3.8) is 0 Å². The van der Waals surface area contributed by atoms with Gasteiger partial charge in [-0.15, -0.1) is 0 Å². The van der Waals surface area contributed by atoms with Crippen LogP contribution in [0.5, 0.6) is 0 Å². The minimum absolute atomic E-state index is 0.0394. The van der Waals surface area contributed by atoms with E-state index in [-0.39, 0.29) is 13.2 Å². The number of hydrogen-bond donors (Lipinski definition) is 2. The van der Waals surface area contributed by atoms with Gasteiger partial charge in [-0.05, 0) is 51.2 Å². The first kappa shape index (κ1) is 14.3. The van der Waals surface area contributed by atoms with Crippen LogP contribution in [-0.2, 0) is 6.61 Å². The summed E-state index contributed by atoms with van der Waals surface area (Å²) >= 11 is 0. The summed E-state index contributed by atoms with van der Waals surface area (Å²) in [6.07, 6.45) is 4.14. The van der Waals surface area contributed by atoms with Gasteiger partial charge in [0, 0.05) is 30.5 Å². The van der Waals surface area contributed by atoms with E-state index in [4.69, 9.17) is 5.11 Å². The Kier molecular flexibility index (Phi) is 4.77. The van der Waals surface area contributed by atoms with E-state index < -0.39 is 0 Å². The number of pyridine rings is 1. The second-order valence-electron chi connectivity index (χ2n) is 5.40. The van der Waals surface area contributed by atoms with Gasteiger partial charge in [-0.3, -0.25) is 0 Å². The van der Waals surface area contributed by atoms with E-state index in [1.807, 2.05) is 19.9 Å². The second kappa shape index (κ2) is 6.35. The highest BCUT2D eigenvalue weighted by molar-refractivity contribution is 5.52. The number of aliphatic hydroxyl groups excluding tert-OH is 2. The lowest BCUT2D eigenvalue weighted by Crippen LogP contribution is -2.31. The first-order valence-electron chi connectivity index (χ1n) is 7.13. The maximum absolute atomic E-state index is 9.61. The van der Waals surface area contributed by atoms with Crippen LogP contribution in [0.1, 0.15) is 42.5 Å². The molecule has 19 heavy (non-hydrogen) atoms. The third-order valence-electron chi connectivity index (χ3n) is 3.96. The fourth-order valence-corrected chi connectivity index (χ4v) is 3.02. The number of rotatable bonds is 5. The zero-order valence-electron chi connectivity index (χ0n) is 11.9. The van der Waals surface area contributed by atoms with Crippen molar-refractivity contribution in [2.24, 2.45) is 0 Å². The molecule has 106 valence electrons. The average molecular weight is 264 g/mol. The molecule has 1 aliphatic rings. The van der Waals surface area contributed by atoms with E-state index in [1.165, 1.54) is 0 Å². The molecule has 1 fully saturated rings. The standard InChI is InChI=1S/C15H24N2O2/c1-11-9-12(2)16-15(14(11)10-19)17-7-3-5-13(17)6-4-8-18/h9,13,18-19H,3-8,10H2,1-2H3. The van der Waals surface area contributed by atoms with Gasteiger partial charge in [-0.1, -0.05) is 0 Å². The van der Waals surface area contributed by atoms with Crippen molar-refractivity contribution in [1.82, 2.24) is 4.98 Å². The van der Waals surface area contributed by atoms with E-state index in [0.717, 1.165) is 54.9 Å². The summed E-state index contributed by atoms with van der Waals surface area (Å²) < 4.78 is 0. The van der Waals surface area contributed by atoms with E-state index in [2.05, 4.69) is 9.88 Å². The highest BCUT2D eigenvalue weighted by atomic mass is 16.3. The minimum Gasteiger partial charge on any atom is -0.396 e. The molecule has 0 saturated carbocycles. The largest absolute Gasteiger partial charge is 0.396 e. The van der Waals surface area contributed by atoms with Crippen molar-refractivity contribution < 1.29 is 10.2 Å². The lowest BCUT2D eigenvalue weighted by atomic mass is 10.1. The molecule has 1 unspecified atom stereocenters. The summed E-state index contributed by atoms with van der Waals surface area (Å²) in [6, 6.07) is 2.47. The quantitative estimate of drug-likeness (QED) is 0.853. The van der Waals surface area contributed by atoms with Gasteiger partial charge in [0.15, 0.2) is 0 Å². The third-order valence-corrected chi connectivity index (χ3v) is 3.96. The van der Waals surface area contributed by atoms with Crippen LogP contribution in [0.4, 0.5) is 5.82 Å². The van der Waals surface area contributed by atoms with Crippen LogP contribution in [0.3, 0.4) is 0 Å². The molecular weight excluding hydrogens is 240 g/mol. The molecule has 4 nitrogen and oxygen atoms in total. The Morgan fingerprint density at radius 2 is 2.16 bits per heavy atom. The molecule has 0 amide bonds. The fraction of sp³-hybridized carbons (Fsp3) is 0.667. The Morgan fingerprint density at radius 1 is 1.37 bits per heavy atom. The van der Waals surface area contributed by atoms with Crippen molar-refractivity contribution in [1.29, 1.82) is 0 Å². The van der Waals surface area contributed by atoms with Crippen LogP contribution in [-0.4, -0.2) is 34.4 Å². The predicted octanol–water partition coefficient (Wildman–Crippen LogP) is 1.93. The van der Waals surface area contributed by atoms with Gasteiger partial charge < -0.3 is 15.1 Å². The number of aliphatic hydroxyl groups is 2. The zero-order valence-corrected chi connectivity index (χ0v) is 11.9. The van der Waals surface area contributed by atoms with Gasteiger partial charge in [-0.2, -0.15) is 0 Å². The number of anilines is 1. The second-order valence-corrected chi connectivity index (χ2v) is 5.40. The fourth-order valence-electron chi connectivity index (χ4n) is 3.02. The maximum Gasteiger partial charge on any atom is 0.134 e. The van der Waals surface area contributed by atoms with Crippen LogP contribution in [0.25, 0.3) is 0 Å². The molecule has 0 aromatic carbocycles. The van der Waals surface area contributed by atoms with Crippen molar-refractivity contribution in [3.05, 3.63) is 22.9 Å². The van der Waals surface area contributed by atoms with Gasteiger partial charge >= 0.3 is 0 Å². The van der Waals surface area contributed by atoms with E-state index in [0.29, 0.717) is 6.04 Å². The van der Waals surface area contributed by atoms with E-state index in [9.17, 15) is 5.11 Å². The van der Waals surface area contributed by atoms with Crippen LogP contribution in [0.15, 0.2) is 6.07 Å². The molecule has 1 aliphatic heterocycles. The number of nitrogens with zero attached hydrogens (tertiary/aromatic N) is 2. The van der Waals surface area contributed by atoms with Crippen molar-refractivity contribution >= 4 is 5.82 Å². The van der Waals surface area contributed by atoms with Crippen LogP contribution >= 0.6 is 0 Å². The number of aryl methyl sites for hydroxylation is 2.